The summed E-state index contributed by atoms with van der Waals surface area (Å²) in [4.78, 5) is 37.6. The fourth-order valence-corrected chi connectivity index (χ4v) is 4.62. The van der Waals surface area contributed by atoms with E-state index >= 15 is 0 Å². The lowest BCUT2D eigenvalue weighted by molar-refractivity contribution is -0.141. The second-order valence-electron chi connectivity index (χ2n) is 11.4. The third-order valence-electron chi connectivity index (χ3n) is 7.08. The van der Waals surface area contributed by atoms with E-state index in [4.69, 9.17) is 4.74 Å². The van der Waals surface area contributed by atoms with Gasteiger partial charge in [0.05, 0.1) is 6.61 Å². The van der Waals surface area contributed by atoms with Crippen molar-refractivity contribution >= 4 is 17.5 Å². The molecule has 1 atom stereocenters. The first-order valence-corrected chi connectivity index (χ1v) is 12.3. The van der Waals surface area contributed by atoms with Crippen molar-refractivity contribution in [2.24, 2.45) is 5.92 Å². The molecule has 0 fully saturated rings. The van der Waals surface area contributed by atoms with Crippen LogP contribution in [0.5, 0.6) is 0 Å². The monoisotopic (exact) mass is 462 g/mol. The van der Waals surface area contributed by atoms with Gasteiger partial charge in [-0.15, -0.1) is 0 Å². The lowest BCUT2D eigenvalue weighted by Crippen LogP contribution is -2.24. The van der Waals surface area contributed by atoms with Gasteiger partial charge in [0.15, 0.2) is 11.6 Å². The summed E-state index contributed by atoms with van der Waals surface area (Å²) < 4.78 is 5.05. The Balaban J connectivity index is 1.75. The molecule has 0 amide bonds. The number of hydrogen-bond acceptors (Lipinski definition) is 4. The third kappa shape index (κ3) is 5.65. The minimum atomic E-state index is -0.231. The zero-order valence-electron chi connectivity index (χ0n) is 21.7. The van der Waals surface area contributed by atoms with E-state index in [0.717, 1.165) is 36.8 Å². The Bertz CT molecular complexity index is 1100. The maximum Gasteiger partial charge on any atom is 0.302 e. The number of ether oxygens (including phenoxy) is 1. The Hall–Kier alpha value is -2.75. The van der Waals surface area contributed by atoms with E-state index in [-0.39, 0.29) is 28.4 Å². The van der Waals surface area contributed by atoms with E-state index in [1.165, 1.54) is 6.92 Å². The molecule has 1 aliphatic rings. The van der Waals surface area contributed by atoms with Crippen LogP contribution in [0.4, 0.5) is 0 Å². The minimum Gasteiger partial charge on any atom is -0.466 e. The summed E-state index contributed by atoms with van der Waals surface area (Å²) in [6.45, 7) is 14.8. The Morgan fingerprint density at radius 2 is 1.35 bits per heavy atom. The second kappa shape index (κ2) is 9.85. The predicted molar refractivity (Wildman–Crippen MR) is 136 cm³/mol. The molecule has 1 aliphatic carbocycles. The highest BCUT2D eigenvalue weighted by atomic mass is 16.5. The van der Waals surface area contributed by atoms with Gasteiger partial charge in [-0.05, 0) is 65.0 Å². The summed E-state index contributed by atoms with van der Waals surface area (Å²) in [5, 5.41) is 0. The summed E-state index contributed by atoms with van der Waals surface area (Å²) in [6, 6.07) is 11.4. The molecule has 4 nitrogen and oxygen atoms in total. The van der Waals surface area contributed by atoms with Crippen molar-refractivity contribution in [1.29, 1.82) is 0 Å². The smallest absolute Gasteiger partial charge is 0.302 e. The highest BCUT2D eigenvalue weighted by Gasteiger charge is 2.32. The molecule has 0 saturated heterocycles. The molecule has 0 N–H and O–H groups in total. The molecule has 0 aromatic heterocycles. The highest BCUT2D eigenvalue weighted by molar-refractivity contribution is 6.28. The van der Waals surface area contributed by atoms with Gasteiger partial charge in [0.25, 0.3) is 0 Å². The zero-order valence-corrected chi connectivity index (χ0v) is 21.7. The van der Waals surface area contributed by atoms with Gasteiger partial charge < -0.3 is 4.74 Å². The molecule has 2 aromatic rings. The Morgan fingerprint density at radius 3 is 1.88 bits per heavy atom. The SMILES string of the molecule is CC(=O)OCCC(C)CCCC(C)(C)c1ccc2c(c1)C(=O)c1ccc(C(C)(C)C)cc1C2=O. The minimum absolute atomic E-state index is 0.0678. The molecule has 34 heavy (non-hydrogen) atoms. The number of rotatable bonds is 8. The predicted octanol–water partition coefficient (Wildman–Crippen LogP) is 6.80. The summed E-state index contributed by atoms with van der Waals surface area (Å²) in [6.07, 6.45) is 3.93. The van der Waals surface area contributed by atoms with Crippen LogP contribution in [-0.2, 0) is 20.4 Å². The number of benzene rings is 2. The highest BCUT2D eigenvalue weighted by Crippen LogP contribution is 2.36. The number of carbonyl (C=O) groups excluding carboxylic acids is 3. The van der Waals surface area contributed by atoms with Gasteiger partial charge in [-0.1, -0.05) is 66.5 Å². The fraction of sp³-hybridized carbons (Fsp3) is 0.500. The van der Waals surface area contributed by atoms with Crippen molar-refractivity contribution in [3.8, 4) is 0 Å². The first-order chi connectivity index (χ1) is 15.8. The van der Waals surface area contributed by atoms with Crippen LogP contribution in [0.3, 0.4) is 0 Å². The number of fused-ring (bicyclic) bond motifs is 2. The quantitative estimate of drug-likeness (QED) is 0.346. The standard InChI is InChI=1S/C30H38O4/c1-19(14-16-34-20(2)31)9-8-15-30(6,7)22-11-13-24-26(18-22)28(33)23-12-10-21(29(3,4)5)17-25(23)27(24)32/h10-13,17-19H,8-9,14-16H2,1-7H3. The molecular formula is C30H38O4. The Labute approximate surface area is 204 Å². The number of esters is 1. The van der Waals surface area contributed by atoms with Gasteiger partial charge in [0.2, 0.25) is 0 Å². The molecule has 0 heterocycles. The maximum absolute atomic E-state index is 13.4. The Morgan fingerprint density at radius 1 is 0.824 bits per heavy atom. The molecule has 182 valence electrons. The van der Waals surface area contributed by atoms with Gasteiger partial charge in [0.1, 0.15) is 0 Å². The number of carbonyl (C=O) groups is 3. The summed E-state index contributed by atoms with van der Waals surface area (Å²) in [5.74, 6) is 0.113. The van der Waals surface area contributed by atoms with E-state index in [1.54, 1.807) is 0 Å². The van der Waals surface area contributed by atoms with Gasteiger partial charge in [-0.25, -0.2) is 0 Å². The lowest BCUT2D eigenvalue weighted by Gasteiger charge is -2.28. The normalized spacial score (nSPS) is 14.4. The molecule has 0 radical (unpaired) electrons. The van der Waals surface area contributed by atoms with Crippen LogP contribution in [0, 0.1) is 5.92 Å². The average Bonchev–Trinajstić information content (AvgIpc) is 2.75. The number of ketones is 2. The first-order valence-electron chi connectivity index (χ1n) is 12.3. The van der Waals surface area contributed by atoms with Crippen LogP contribution < -0.4 is 0 Å². The lowest BCUT2D eigenvalue weighted by atomic mass is 9.75. The fourth-order valence-electron chi connectivity index (χ4n) is 4.62. The van der Waals surface area contributed by atoms with Gasteiger partial charge in [-0.2, -0.15) is 0 Å². The van der Waals surface area contributed by atoms with Crippen molar-refractivity contribution in [2.45, 2.75) is 85.0 Å². The molecular weight excluding hydrogens is 424 g/mol. The van der Waals surface area contributed by atoms with Crippen LogP contribution >= 0.6 is 0 Å². The Kier molecular flexibility index (Phi) is 7.50. The third-order valence-corrected chi connectivity index (χ3v) is 7.08. The molecule has 2 aromatic carbocycles. The van der Waals surface area contributed by atoms with E-state index < -0.39 is 0 Å². The molecule has 0 saturated carbocycles. The summed E-state index contributed by atoms with van der Waals surface area (Å²) in [5.41, 5.74) is 3.95. The van der Waals surface area contributed by atoms with Crippen molar-refractivity contribution in [2.75, 3.05) is 6.61 Å². The molecule has 3 rings (SSSR count). The molecule has 0 aliphatic heterocycles. The van der Waals surface area contributed by atoms with Crippen molar-refractivity contribution in [3.05, 3.63) is 69.8 Å². The topological polar surface area (TPSA) is 60.4 Å². The van der Waals surface area contributed by atoms with Gasteiger partial charge in [0, 0.05) is 29.2 Å². The first kappa shape index (κ1) is 25.9. The van der Waals surface area contributed by atoms with Crippen LogP contribution in [0.1, 0.15) is 117 Å². The zero-order chi connectivity index (χ0) is 25.3. The molecule has 4 heteroatoms. The maximum atomic E-state index is 13.4. The number of hydrogen-bond donors (Lipinski definition) is 0. The van der Waals surface area contributed by atoms with Gasteiger partial charge in [-0.3, -0.25) is 14.4 Å². The van der Waals surface area contributed by atoms with Crippen LogP contribution in [-0.4, -0.2) is 24.1 Å². The molecule has 1 unspecified atom stereocenters. The van der Waals surface area contributed by atoms with E-state index in [2.05, 4.69) is 41.5 Å². The van der Waals surface area contributed by atoms with Crippen LogP contribution in [0.25, 0.3) is 0 Å². The van der Waals surface area contributed by atoms with Gasteiger partial charge >= 0.3 is 5.97 Å². The molecule has 0 spiro atoms. The van der Waals surface area contributed by atoms with E-state index in [9.17, 15) is 14.4 Å². The van der Waals surface area contributed by atoms with E-state index in [1.807, 2.05) is 36.4 Å². The van der Waals surface area contributed by atoms with E-state index in [0.29, 0.717) is 34.8 Å². The largest absolute Gasteiger partial charge is 0.466 e. The van der Waals surface area contributed by atoms with Crippen LogP contribution in [0.2, 0.25) is 0 Å². The molecule has 0 bridgehead atoms. The van der Waals surface area contributed by atoms with Crippen LogP contribution in [0.15, 0.2) is 36.4 Å². The van der Waals surface area contributed by atoms with Crippen molar-refractivity contribution < 1.29 is 19.1 Å². The van der Waals surface area contributed by atoms with Crippen molar-refractivity contribution in [1.82, 2.24) is 0 Å². The summed E-state index contributed by atoms with van der Waals surface area (Å²) in [7, 11) is 0. The second-order valence-corrected chi connectivity index (χ2v) is 11.4. The summed E-state index contributed by atoms with van der Waals surface area (Å²) >= 11 is 0. The average molecular weight is 463 g/mol. The van der Waals surface area contributed by atoms with Crippen molar-refractivity contribution in [3.63, 3.8) is 0 Å².